The zero-order valence-electron chi connectivity index (χ0n) is 18.0. The minimum atomic E-state index is -0.456. The van der Waals surface area contributed by atoms with Gasteiger partial charge in [-0.15, -0.1) is 0 Å². The van der Waals surface area contributed by atoms with Crippen LogP contribution in [0.25, 0.3) is 0 Å². The molecule has 0 spiro atoms. The van der Waals surface area contributed by atoms with Gasteiger partial charge < -0.3 is 19.9 Å². The number of benzene rings is 1. The molecule has 162 valence electrons. The number of aromatic nitrogens is 1. The fourth-order valence-corrected chi connectivity index (χ4v) is 3.31. The van der Waals surface area contributed by atoms with Crippen molar-refractivity contribution in [3.63, 3.8) is 0 Å². The summed E-state index contributed by atoms with van der Waals surface area (Å²) in [6.45, 7) is 6.44. The molecule has 7 heteroatoms. The standard InChI is InChI=1S/C23H31N3O4/c1-23(2,3)22(28)25-17-9-11-18(12-10-17)29-15-19-13-20(26-30-19)21(27)24-14-16-7-5-4-6-8-16/h9-13,16H,4-8,14-15H2,1-3H3,(H,24,27)(H,25,28). The van der Waals surface area contributed by atoms with Gasteiger partial charge in [-0.25, -0.2) is 0 Å². The van der Waals surface area contributed by atoms with Crippen LogP contribution in [0.3, 0.4) is 0 Å². The highest BCUT2D eigenvalue weighted by atomic mass is 16.5. The Morgan fingerprint density at radius 2 is 1.83 bits per heavy atom. The zero-order chi connectivity index (χ0) is 21.6. The smallest absolute Gasteiger partial charge is 0.273 e. The van der Waals surface area contributed by atoms with E-state index >= 15 is 0 Å². The summed E-state index contributed by atoms with van der Waals surface area (Å²) >= 11 is 0. The van der Waals surface area contributed by atoms with E-state index in [2.05, 4.69) is 15.8 Å². The van der Waals surface area contributed by atoms with Crippen LogP contribution in [0.4, 0.5) is 5.69 Å². The number of amides is 2. The molecule has 1 heterocycles. The number of ether oxygens (including phenoxy) is 1. The first-order valence-electron chi connectivity index (χ1n) is 10.6. The third-order valence-corrected chi connectivity index (χ3v) is 5.24. The Labute approximate surface area is 177 Å². The number of nitrogens with one attached hydrogen (secondary N) is 2. The lowest BCUT2D eigenvalue weighted by Gasteiger charge is -2.21. The highest BCUT2D eigenvalue weighted by molar-refractivity contribution is 5.94. The van der Waals surface area contributed by atoms with E-state index in [9.17, 15) is 9.59 Å². The molecule has 1 aliphatic rings. The van der Waals surface area contributed by atoms with E-state index < -0.39 is 5.41 Å². The van der Waals surface area contributed by atoms with Crippen molar-refractivity contribution in [1.82, 2.24) is 10.5 Å². The summed E-state index contributed by atoms with van der Waals surface area (Å²) in [5, 5.41) is 9.67. The van der Waals surface area contributed by atoms with Crippen LogP contribution < -0.4 is 15.4 Å². The van der Waals surface area contributed by atoms with Crippen LogP contribution >= 0.6 is 0 Å². The molecule has 1 saturated carbocycles. The molecule has 0 saturated heterocycles. The Bertz CT molecular complexity index is 846. The predicted octanol–water partition coefficient (Wildman–Crippen LogP) is 4.55. The van der Waals surface area contributed by atoms with Gasteiger partial charge in [-0.3, -0.25) is 9.59 Å². The summed E-state index contributed by atoms with van der Waals surface area (Å²) in [6, 6.07) is 8.71. The summed E-state index contributed by atoms with van der Waals surface area (Å²) in [5.41, 5.74) is 0.519. The summed E-state index contributed by atoms with van der Waals surface area (Å²) in [5.74, 6) is 1.40. The van der Waals surface area contributed by atoms with E-state index in [-0.39, 0.29) is 24.1 Å². The third kappa shape index (κ3) is 6.34. The molecule has 0 bridgehead atoms. The molecule has 0 aliphatic heterocycles. The van der Waals surface area contributed by atoms with Gasteiger partial charge in [0.05, 0.1) is 0 Å². The first-order valence-corrected chi connectivity index (χ1v) is 10.6. The van der Waals surface area contributed by atoms with E-state index in [0.717, 1.165) is 0 Å². The molecular formula is C23H31N3O4. The number of hydrogen-bond donors (Lipinski definition) is 2. The van der Waals surface area contributed by atoms with Crippen molar-refractivity contribution in [2.75, 3.05) is 11.9 Å². The molecule has 0 atom stereocenters. The maximum absolute atomic E-state index is 12.3. The second-order valence-electron chi connectivity index (χ2n) is 8.91. The van der Waals surface area contributed by atoms with Crippen LogP contribution in [-0.2, 0) is 11.4 Å². The van der Waals surface area contributed by atoms with Gasteiger partial charge in [0.25, 0.3) is 5.91 Å². The molecular weight excluding hydrogens is 382 g/mol. The van der Waals surface area contributed by atoms with E-state index in [0.29, 0.717) is 29.7 Å². The van der Waals surface area contributed by atoms with Gasteiger partial charge in [-0.2, -0.15) is 0 Å². The Balaban J connectivity index is 1.45. The molecule has 0 unspecified atom stereocenters. The Morgan fingerprint density at radius 3 is 2.50 bits per heavy atom. The van der Waals surface area contributed by atoms with Gasteiger partial charge in [0.1, 0.15) is 12.4 Å². The van der Waals surface area contributed by atoms with Crippen LogP contribution in [0.1, 0.15) is 69.1 Å². The van der Waals surface area contributed by atoms with E-state index in [1.54, 1.807) is 30.3 Å². The van der Waals surface area contributed by atoms with Crippen LogP contribution in [-0.4, -0.2) is 23.5 Å². The summed E-state index contributed by atoms with van der Waals surface area (Å²) in [4.78, 5) is 24.3. The molecule has 30 heavy (non-hydrogen) atoms. The van der Waals surface area contributed by atoms with Crippen LogP contribution in [0.5, 0.6) is 5.75 Å². The second kappa shape index (κ2) is 9.78. The lowest BCUT2D eigenvalue weighted by molar-refractivity contribution is -0.123. The van der Waals surface area contributed by atoms with Gasteiger partial charge in [-0.1, -0.05) is 45.2 Å². The molecule has 7 nitrogen and oxygen atoms in total. The second-order valence-corrected chi connectivity index (χ2v) is 8.91. The molecule has 2 aromatic rings. The maximum Gasteiger partial charge on any atom is 0.273 e. The SMILES string of the molecule is CC(C)(C)C(=O)Nc1ccc(OCc2cc(C(=O)NCC3CCCCC3)no2)cc1. The van der Waals surface area contributed by atoms with Crippen molar-refractivity contribution in [2.45, 2.75) is 59.5 Å². The molecule has 1 fully saturated rings. The fraction of sp³-hybridized carbons (Fsp3) is 0.522. The topological polar surface area (TPSA) is 93.5 Å². The normalized spacial score (nSPS) is 14.9. The van der Waals surface area contributed by atoms with Crippen molar-refractivity contribution in [1.29, 1.82) is 0 Å². The number of nitrogens with zero attached hydrogens (tertiary/aromatic N) is 1. The van der Waals surface area contributed by atoms with E-state index in [1.807, 2.05) is 20.8 Å². The summed E-state index contributed by atoms with van der Waals surface area (Å²) in [7, 11) is 0. The van der Waals surface area contributed by atoms with Crippen molar-refractivity contribution in [3.8, 4) is 5.75 Å². The van der Waals surface area contributed by atoms with Crippen LogP contribution in [0.15, 0.2) is 34.9 Å². The average molecular weight is 414 g/mol. The minimum absolute atomic E-state index is 0.0490. The molecule has 1 aliphatic carbocycles. The average Bonchev–Trinajstić information content (AvgIpc) is 3.21. The van der Waals surface area contributed by atoms with Crippen LogP contribution in [0.2, 0.25) is 0 Å². The van der Waals surface area contributed by atoms with Gasteiger partial charge in [0, 0.05) is 23.7 Å². The fourth-order valence-electron chi connectivity index (χ4n) is 3.31. The molecule has 1 aromatic heterocycles. The van der Waals surface area contributed by atoms with E-state index in [1.165, 1.54) is 32.1 Å². The Kier molecular flexibility index (Phi) is 7.13. The molecule has 0 radical (unpaired) electrons. The number of anilines is 1. The van der Waals surface area contributed by atoms with Gasteiger partial charge in [0.2, 0.25) is 5.91 Å². The quantitative estimate of drug-likeness (QED) is 0.695. The van der Waals surface area contributed by atoms with Crippen LogP contribution in [0, 0.1) is 11.3 Å². The van der Waals surface area contributed by atoms with Gasteiger partial charge in [0.15, 0.2) is 11.5 Å². The molecule has 3 rings (SSSR count). The van der Waals surface area contributed by atoms with Crippen molar-refractivity contribution >= 4 is 17.5 Å². The molecule has 2 N–H and O–H groups in total. The first-order chi connectivity index (χ1) is 14.3. The monoisotopic (exact) mass is 413 g/mol. The van der Waals surface area contributed by atoms with Crippen molar-refractivity contribution in [2.24, 2.45) is 11.3 Å². The summed E-state index contributed by atoms with van der Waals surface area (Å²) < 4.78 is 10.9. The van der Waals surface area contributed by atoms with Crippen molar-refractivity contribution in [3.05, 3.63) is 41.8 Å². The Hall–Kier alpha value is -2.83. The lowest BCUT2D eigenvalue weighted by atomic mass is 9.89. The molecule has 2 amide bonds. The summed E-state index contributed by atoms with van der Waals surface area (Å²) in [6.07, 6.45) is 6.14. The predicted molar refractivity (Wildman–Crippen MR) is 114 cm³/mol. The van der Waals surface area contributed by atoms with Gasteiger partial charge >= 0.3 is 0 Å². The van der Waals surface area contributed by atoms with E-state index in [4.69, 9.17) is 9.26 Å². The largest absolute Gasteiger partial charge is 0.486 e. The lowest BCUT2D eigenvalue weighted by Crippen LogP contribution is -2.30. The van der Waals surface area contributed by atoms with Crippen molar-refractivity contribution < 1.29 is 18.8 Å². The number of rotatable bonds is 7. The number of carbonyl (C=O) groups excluding carboxylic acids is 2. The minimum Gasteiger partial charge on any atom is -0.486 e. The number of hydrogen-bond acceptors (Lipinski definition) is 5. The zero-order valence-corrected chi connectivity index (χ0v) is 18.0. The third-order valence-electron chi connectivity index (χ3n) is 5.24. The van der Waals surface area contributed by atoms with Gasteiger partial charge in [-0.05, 0) is 43.0 Å². The molecule has 1 aromatic carbocycles. The Morgan fingerprint density at radius 1 is 1.13 bits per heavy atom. The highest BCUT2D eigenvalue weighted by Gasteiger charge is 2.21. The number of carbonyl (C=O) groups is 2. The first kappa shape index (κ1) is 21.9. The highest BCUT2D eigenvalue weighted by Crippen LogP contribution is 2.23. The maximum atomic E-state index is 12.3.